The maximum Gasteiger partial charge on any atom is 0.321 e. The number of halogens is 1. The van der Waals surface area contributed by atoms with Crippen molar-refractivity contribution in [3.05, 3.63) is 27.7 Å². The number of hydrogen-bond donors (Lipinski definition) is 2. The van der Waals surface area contributed by atoms with E-state index in [1.165, 1.54) is 0 Å². The van der Waals surface area contributed by atoms with Gasteiger partial charge >= 0.3 is 5.97 Å². The minimum absolute atomic E-state index is 0.160. The van der Waals surface area contributed by atoms with Gasteiger partial charge in [-0.15, -0.1) is 11.8 Å². The van der Waals surface area contributed by atoms with Crippen LogP contribution in [0.4, 0.5) is 0 Å². The van der Waals surface area contributed by atoms with Crippen LogP contribution in [-0.4, -0.2) is 34.9 Å². The third-order valence-corrected chi connectivity index (χ3v) is 5.40. The Morgan fingerprint density at radius 1 is 1.50 bits per heavy atom. The fourth-order valence-electron chi connectivity index (χ4n) is 2.03. The molecule has 0 radical (unpaired) electrons. The monoisotopic (exact) mass is 359 g/mol. The SMILES string of the molecule is Cc1cc(OCCC2NC(C(=O)O)CS2)c(C)cc1Br. The van der Waals surface area contributed by atoms with Crippen molar-refractivity contribution in [2.45, 2.75) is 31.7 Å². The summed E-state index contributed by atoms with van der Waals surface area (Å²) >= 11 is 5.14. The lowest BCUT2D eigenvalue weighted by atomic mass is 10.1. The lowest BCUT2D eigenvalue weighted by Crippen LogP contribution is -2.37. The summed E-state index contributed by atoms with van der Waals surface area (Å²) in [6.07, 6.45) is 0.795. The molecule has 2 unspecified atom stereocenters. The standard InChI is InChI=1S/C14H18BrNO3S/c1-8-6-12(9(2)5-10(8)15)19-4-3-13-16-11(7-20-13)14(17)18/h5-6,11,13,16H,3-4,7H2,1-2H3,(H,17,18). The minimum Gasteiger partial charge on any atom is -0.493 e. The second kappa shape index (κ2) is 6.83. The molecule has 0 aromatic heterocycles. The van der Waals surface area contributed by atoms with Crippen molar-refractivity contribution >= 4 is 33.7 Å². The third kappa shape index (κ3) is 3.90. The van der Waals surface area contributed by atoms with Crippen LogP contribution in [0.15, 0.2) is 16.6 Å². The molecule has 1 aromatic carbocycles. The highest BCUT2D eigenvalue weighted by Crippen LogP contribution is 2.27. The summed E-state index contributed by atoms with van der Waals surface area (Å²) in [5, 5.41) is 12.2. The fraction of sp³-hybridized carbons (Fsp3) is 0.500. The molecular weight excluding hydrogens is 342 g/mol. The molecule has 0 saturated carbocycles. The van der Waals surface area contributed by atoms with Crippen molar-refractivity contribution < 1.29 is 14.6 Å². The molecule has 1 saturated heterocycles. The predicted molar refractivity (Wildman–Crippen MR) is 84.5 cm³/mol. The summed E-state index contributed by atoms with van der Waals surface area (Å²) in [6, 6.07) is 3.64. The van der Waals surface area contributed by atoms with E-state index in [0.717, 1.165) is 27.8 Å². The predicted octanol–water partition coefficient (Wildman–Crippen LogP) is 2.95. The first-order chi connectivity index (χ1) is 9.47. The van der Waals surface area contributed by atoms with E-state index >= 15 is 0 Å². The summed E-state index contributed by atoms with van der Waals surface area (Å²) in [5.41, 5.74) is 2.24. The van der Waals surface area contributed by atoms with E-state index in [1.54, 1.807) is 11.8 Å². The molecule has 1 aromatic rings. The molecule has 2 atom stereocenters. The Hall–Kier alpha value is -0.720. The third-order valence-electron chi connectivity index (χ3n) is 3.24. The topological polar surface area (TPSA) is 58.6 Å². The summed E-state index contributed by atoms with van der Waals surface area (Å²) in [4.78, 5) is 10.8. The van der Waals surface area contributed by atoms with Crippen molar-refractivity contribution in [2.75, 3.05) is 12.4 Å². The molecule has 0 bridgehead atoms. The number of carboxylic acids is 1. The number of benzene rings is 1. The van der Waals surface area contributed by atoms with E-state index in [0.29, 0.717) is 12.4 Å². The van der Waals surface area contributed by atoms with Crippen molar-refractivity contribution in [1.82, 2.24) is 5.32 Å². The number of aryl methyl sites for hydroxylation is 2. The van der Waals surface area contributed by atoms with Crippen molar-refractivity contribution in [3.8, 4) is 5.75 Å². The molecule has 0 spiro atoms. The molecule has 20 heavy (non-hydrogen) atoms. The molecule has 1 heterocycles. The lowest BCUT2D eigenvalue weighted by Gasteiger charge is -2.14. The van der Waals surface area contributed by atoms with Crippen LogP contribution in [0.1, 0.15) is 17.5 Å². The van der Waals surface area contributed by atoms with E-state index in [1.807, 2.05) is 26.0 Å². The number of hydrogen-bond acceptors (Lipinski definition) is 4. The highest BCUT2D eigenvalue weighted by atomic mass is 79.9. The van der Waals surface area contributed by atoms with Gasteiger partial charge in [0.25, 0.3) is 0 Å². The Morgan fingerprint density at radius 2 is 2.25 bits per heavy atom. The molecule has 2 rings (SSSR count). The first-order valence-electron chi connectivity index (χ1n) is 6.47. The van der Waals surface area contributed by atoms with Crippen LogP contribution in [0.5, 0.6) is 5.75 Å². The summed E-state index contributed by atoms with van der Waals surface area (Å²) < 4.78 is 6.89. The summed E-state index contributed by atoms with van der Waals surface area (Å²) in [7, 11) is 0. The number of nitrogens with one attached hydrogen (secondary N) is 1. The number of thioether (sulfide) groups is 1. The van der Waals surface area contributed by atoms with Gasteiger partial charge in [0, 0.05) is 16.6 Å². The largest absolute Gasteiger partial charge is 0.493 e. The van der Waals surface area contributed by atoms with E-state index < -0.39 is 12.0 Å². The average molecular weight is 360 g/mol. The van der Waals surface area contributed by atoms with Crippen LogP contribution in [-0.2, 0) is 4.79 Å². The Labute approximate surface area is 131 Å². The zero-order chi connectivity index (χ0) is 14.7. The fourth-order valence-corrected chi connectivity index (χ4v) is 3.67. The van der Waals surface area contributed by atoms with Crippen LogP contribution in [0.3, 0.4) is 0 Å². The molecule has 4 nitrogen and oxygen atoms in total. The Bertz CT molecular complexity index is 509. The highest BCUT2D eigenvalue weighted by Gasteiger charge is 2.29. The molecule has 1 aliphatic rings. The quantitative estimate of drug-likeness (QED) is 0.846. The van der Waals surface area contributed by atoms with Crippen LogP contribution < -0.4 is 10.1 Å². The van der Waals surface area contributed by atoms with Gasteiger partial charge in [-0.2, -0.15) is 0 Å². The Balaban J connectivity index is 1.82. The molecule has 2 N–H and O–H groups in total. The van der Waals surface area contributed by atoms with E-state index in [9.17, 15) is 4.79 Å². The maximum absolute atomic E-state index is 10.8. The number of carbonyl (C=O) groups is 1. The normalized spacial score (nSPS) is 21.9. The molecule has 0 aliphatic carbocycles. The van der Waals surface area contributed by atoms with E-state index in [4.69, 9.17) is 9.84 Å². The van der Waals surface area contributed by atoms with Crippen LogP contribution in [0.2, 0.25) is 0 Å². The Kier molecular flexibility index (Phi) is 5.35. The number of ether oxygens (including phenoxy) is 1. The first-order valence-corrected chi connectivity index (χ1v) is 8.31. The molecular formula is C14H18BrNO3S. The second-order valence-corrected chi connectivity index (χ2v) is 6.97. The lowest BCUT2D eigenvalue weighted by molar-refractivity contribution is -0.138. The smallest absolute Gasteiger partial charge is 0.321 e. The molecule has 110 valence electrons. The summed E-state index contributed by atoms with van der Waals surface area (Å²) in [6.45, 7) is 4.63. The van der Waals surface area contributed by atoms with Gasteiger partial charge in [-0.05, 0) is 37.1 Å². The average Bonchev–Trinajstić information content (AvgIpc) is 2.84. The van der Waals surface area contributed by atoms with Gasteiger partial charge in [0.05, 0.1) is 12.0 Å². The van der Waals surface area contributed by atoms with Crippen molar-refractivity contribution in [3.63, 3.8) is 0 Å². The van der Waals surface area contributed by atoms with Gasteiger partial charge < -0.3 is 9.84 Å². The number of aliphatic carboxylic acids is 1. The zero-order valence-corrected chi connectivity index (χ0v) is 13.9. The summed E-state index contributed by atoms with van der Waals surface area (Å²) in [5.74, 6) is 0.736. The zero-order valence-electron chi connectivity index (χ0n) is 11.5. The van der Waals surface area contributed by atoms with Gasteiger partial charge in [-0.1, -0.05) is 15.9 Å². The Morgan fingerprint density at radius 3 is 2.90 bits per heavy atom. The van der Waals surface area contributed by atoms with E-state index in [-0.39, 0.29) is 5.37 Å². The van der Waals surface area contributed by atoms with Crippen LogP contribution in [0, 0.1) is 13.8 Å². The van der Waals surface area contributed by atoms with Gasteiger partial charge in [-0.3, -0.25) is 10.1 Å². The van der Waals surface area contributed by atoms with E-state index in [2.05, 4.69) is 21.2 Å². The minimum atomic E-state index is -0.778. The van der Waals surface area contributed by atoms with Gasteiger partial charge in [0.15, 0.2) is 0 Å². The second-order valence-electron chi connectivity index (χ2n) is 4.88. The molecule has 1 aliphatic heterocycles. The molecule has 0 amide bonds. The van der Waals surface area contributed by atoms with Crippen molar-refractivity contribution in [2.24, 2.45) is 0 Å². The number of rotatable bonds is 5. The van der Waals surface area contributed by atoms with Crippen LogP contribution >= 0.6 is 27.7 Å². The van der Waals surface area contributed by atoms with Gasteiger partial charge in [0.1, 0.15) is 11.8 Å². The first kappa shape index (κ1) is 15.7. The van der Waals surface area contributed by atoms with Crippen molar-refractivity contribution in [1.29, 1.82) is 0 Å². The van der Waals surface area contributed by atoms with Gasteiger partial charge in [-0.25, -0.2) is 0 Å². The van der Waals surface area contributed by atoms with Crippen LogP contribution in [0.25, 0.3) is 0 Å². The van der Waals surface area contributed by atoms with Gasteiger partial charge in [0.2, 0.25) is 0 Å². The maximum atomic E-state index is 10.8. The number of carboxylic acid groups (broad SMARTS) is 1. The highest BCUT2D eigenvalue weighted by molar-refractivity contribution is 9.10. The molecule has 1 fully saturated rings. The molecule has 6 heteroatoms.